The summed E-state index contributed by atoms with van der Waals surface area (Å²) in [6, 6.07) is 22.4. The van der Waals surface area contributed by atoms with Crippen molar-refractivity contribution < 1.29 is 87.9 Å². The van der Waals surface area contributed by atoms with Gasteiger partial charge < -0.3 is 64.1 Å². The molecule has 2 saturated carbocycles. The van der Waals surface area contributed by atoms with E-state index in [1.165, 1.54) is 39.8 Å². The molecular weight excluding hydrogens is 933 g/mol. The largest absolute Gasteiger partial charge is 0.456 e. The fourth-order valence-electron chi connectivity index (χ4n) is 11.4. The van der Waals surface area contributed by atoms with Gasteiger partial charge in [0.2, 0.25) is 0 Å². The van der Waals surface area contributed by atoms with Gasteiger partial charge in [-0.15, -0.1) is 10.1 Å². The number of aliphatic hydroxyl groups excluding tert-OH is 4. The number of Topliss-reactive ketones (excluding diaryl/α,β-unsaturated/α-hetero) is 1. The predicted octanol–water partition coefficient (Wildman–Crippen LogP) is 1.84. The van der Waals surface area contributed by atoms with E-state index in [2.05, 4.69) is 10.2 Å². The van der Waals surface area contributed by atoms with Crippen LogP contribution in [0.25, 0.3) is 0 Å². The summed E-state index contributed by atoms with van der Waals surface area (Å²) in [4.78, 5) is 87.1. The molecule has 5 aliphatic rings. The SMILES string of the molecule is CC(=O)O[C@@]12CO[C@@H]1C[C@H](O[C@H]1OC[C@H](O[N+](=O)[O-])[C@@H](O)[C@@H]1O)[C@@]1(C)C(=O)[C@H](O)C3=C(C)[C@@H](OC(=O)[C@H](O)[C@@H](NC(=O)c4ccccc4)c4ccccc4)C[C@@](O)([C@@H](OC(=O)c4ccccc4)[C@H]21)C3(C)C. The molecule has 3 aromatic rings. The van der Waals surface area contributed by atoms with E-state index in [0.717, 1.165) is 6.92 Å². The monoisotopic (exact) mass is 988 g/mol. The second kappa shape index (κ2) is 19.4. The van der Waals surface area contributed by atoms with Crippen molar-refractivity contribution in [1.29, 1.82) is 0 Å². The highest BCUT2D eigenvalue weighted by molar-refractivity contribution is 5.95. The van der Waals surface area contributed by atoms with E-state index in [9.17, 15) is 54.8 Å². The Hall–Kier alpha value is -6.17. The molecule has 2 heterocycles. The van der Waals surface area contributed by atoms with Crippen LogP contribution in [0, 0.1) is 26.9 Å². The molecule has 6 N–H and O–H groups in total. The molecule has 0 spiro atoms. The lowest BCUT2D eigenvalue weighted by Gasteiger charge is -2.68. The third-order valence-corrected chi connectivity index (χ3v) is 15.1. The Morgan fingerprint density at radius 3 is 2.06 bits per heavy atom. The number of amides is 1. The summed E-state index contributed by atoms with van der Waals surface area (Å²) in [7, 11) is 0. The average Bonchev–Trinajstić information content (AvgIpc) is 3.33. The minimum Gasteiger partial charge on any atom is -0.456 e. The van der Waals surface area contributed by atoms with Crippen LogP contribution in [-0.4, -0.2) is 146 Å². The lowest BCUT2D eigenvalue weighted by Crippen LogP contribution is -2.82. The van der Waals surface area contributed by atoms with E-state index < -0.39 is 150 Å². The van der Waals surface area contributed by atoms with Crippen LogP contribution in [0.4, 0.5) is 0 Å². The Kier molecular flexibility index (Phi) is 14.0. The van der Waals surface area contributed by atoms with Crippen molar-refractivity contribution in [2.24, 2.45) is 16.7 Å². The second-order valence-corrected chi connectivity index (χ2v) is 19.4. The Bertz CT molecular complexity index is 2560. The smallest absolute Gasteiger partial charge is 0.338 e. The lowest BCUT2D eigenvalue weighted by atomic mass is 9.44. The molecule has 8 rings (SSSR count). The normalized spacial score (nSPS) is 34.8. The number of nitrogens with one attached hydrogen (secondary N) is 1. The Morgan fingerprint density at radius 1 is 0.873 bits per heavy atom. The highest BCUT2D eigenvalue weighted by Gasteiger charge is 2.78. The van der Waals surface area contributed by atoms with Gasteiger partial charge in [-0.05, 0) is 54.8 Å². The first-order chi connectivity index (χ1) is 33.6. The number of hydrogen-bond donors (Lipinski definition) is 6. The van der Waals surface area contributed by atoms with Crippen LogP contribution in [0.2, 0.25) is 0 Å². The quantitative estimate of drug-likeness (QED) is 0.0468. The first-order valence-electron chi connectivity index (χ1n) is 23.0. The molecule has 2 aliphatic heterocycles. The predicted molar refractivity (Wildman–Crippen MR) is 241 cm³/mol. The van der Waals surface area contributed by atoms with E-state index in [0.29, 0.717) is 5.56 Å². The minimum atomic E-state index is -2.52. The topological polar surface area (TPSA) is 306 Å². The van der Waals surface area contributed by atoms with Gasteiger partial charge in [0.15, 0.2) is 29.9 Å². The number of rotatable bonds is 13. The minimum absolute atomic E-state index is 0.00634. The van der Waals surface area contributed by atoms with Crippen LogP contribution < -0.4 is 5.32 Å². The number of fused-ring (bicyclic) bond motifs is 5. The van der Waals surface area contributed by atoms with Gasteiger partial charge in [0.05, 0.1) is 42.3 Å². The zero-order chi connectivity index (χ0) is 51.4. The molecule has 2 bridgehead atoms. The number of benzene rings is 3. The molecule has 0 aromatic heterocycles. The third kappa shape index (κ3) is 8.87. The van der Waals surface area contributed by atoms with Crippen molar-refractivity contribution in [3.8, 4) is 0 Å². The number of ether oxygens (including phenoxy) is 6. The molecule has 71 heavy (non-hydrogen) atoms. The maximum Gasteiger partial charge on any atom is 0.338 e. The zero-order valence-electron chi connectivity index (χ0n) is 39.3. The number of esters is 3. The summed E-state index contributed by atoms with van der Waals surface area (Å²) in [5.41, 5.74) is -8.00. The number of ketones is 1. The fourth-order valence-corrected chi connectivity index (χ4v) is 11.4. The van der Waals surface area contributed by atoms with Crippen molar-refractivity contribution in [2.75, 3.05) is 13.2 Å². The fraction of sp³-hybridized carbons (Fsp3) is 0.500. The lowest BCUT2D eigenvalue weighted by molar-refractivity contribution is -0.772. The number of nitrogens with zero attached hydrogens (tertiary/aromatic N) is 1. The molecule has 0 unspecified atom stereocenters. The van der Waals surface area contributed by atoms with Crippen LogP contribution in [0.5, 0.6) is 0 Å². The highest BCUT2D eigenvalue weighted by atomic mass is 17.0. The van der Waals surface area contributed by atoms with Crippen LogP contribution in [0.1, 0.15) is 79.8 Å². The van der Waals surface area contributed by atoms with E-state index in [1.807, 2.05) is 0 Å². The molecule has 2 saturated heterocycles. The van der Waals surface area contributed by atoms with Crippen molar-refractivity contribution in [3.05, 3.63) is 129 Å². The first kappa shape index (κ1) is 51.2. The second-order valence-electron chi connectivity index (χ2n) is 19.4. The Morgan fingerprint density at radius 2 is 1.48 bits per heavy atom. The molecule has 0 radical (unpaired) electrons. The van der Waals surface area contributed by atoms with Gasteiger partial charge in [0.1, 0.15) is 42.2 Å². The van der Waals surface area contributed by atoms with Crippen LogP contribution in [0.15, 0.2) is 102 Å². The molecule has 21 heteroatoms. The number of aliphatic hydroxyl groups is 5. The summed E-state index contributed by atoms with van der Waals surface area (Å²) >= 11 is 0. The third-order valence-electron chi connectivity index (χ3n) is 15.1. The van der Waals surface area contributed by atoms with Gasteiger partial charge in [-0.2, -0.15) is 0 Å². The number of carbonyl (C=O) groups is 5. The molecule has 15 atom stereocenters. The van der Waals surface area contributed by atoms with E-state index in [4.69, 9.17) is 28.4 Å². The van der Waals surface area contributed by atoms with Crippen LogP contribution in [0.3, 0.4) is 0 Å². The van der Waals surface area contributed by atoms with Crippen LogP contribution in [-0.2, 0) is 47.6 Å². The molecule has 380 valence electrons. The molecule has 21 nitrogen and oxygen atoms in total. The summed E-state index contributed by atoms with van der Waals surface area (Å²) in [6.07, 6.45) is -19.0. The van der Waals surface area contributed by atoms with Gasteiger partial charge in [-0.1, -0.05) is 80.6 Å². The van der Waals surface area contributed by atoms with Gasteiger partial charge in [0, 0.05) is 30.7 Å². The maximum atomic E-state index is 15.8. The van der Waals surface area contributed by atoms with Crippen molar-refractivity contribution in [2.45, 2.75) is 126 Å². The molecule has 1 amide bonds. The van der Waals surface area contributed by atoms with E-state index in [1.54, 1.807) is 78.9 Å². The van der Waals surface area contributed by atoms with Gasteiger partial charge in [-0.3, -0.25) is 14.4 Å². The van der Waals surface area contributed by atoms with Crippen molar-refractivity contribution in [1.82, 2.24) is 5.32 Å². The zero-order valence-corrected chi connectivity index (χ0v) is 39.3. The summed E-state index contributed by atoms with van der Waals surface area (Å²) in [5.74, 6) is -6.55. The molecular formula is C50H56N2O19. The average molecular weight is 989 g/mol. The Labute approximate surface area is 406 Å². The standard InChI is InChI=1S/C50H56N2O19/c1-25-30(67-45(61)38(56)35(27-15-9-6-10-16-27)51-43(59)28-17-11-7-12-18-28)22-50(62)42(69-44(60)29-19-13-8-14-20-29)40-48(5,41(58)37(55)34(25)47(50,3)4)32(21-33-49(40,24-66-33)70-26(2)53)68-46-39(57)36(54)31(23-65-46)71-52(63)64/h6-20,30-33,35-40,42,46,54-57,62H,21-24H2,1-5H3,(H,51,59)/t30-,31-,32-,33+,35-,36+,37+,38+,39-,40-,42-,46+,48+,49-,50+/m0/s1. The van der Waals surface area contributed by atoms with Crippen molar-refractivity contribution in [3.63, 3.8) is 0 Å². The molecule has 4 fully saturated rings. The van der Waals surface area contributed by atoms with Gasteiger partial charge >= 0.3 is 17.9 Å². The van der Waals surface area contributed by atoms with E-state index >= 15 is 4.79 Å². The van der Waals surface area contributed by atoms with E-state index in [-0.39, 0.29) is 28.7 Å². The number of carbonyl (C=O) groups excluding carboxylic acids is 5. The summed E-state index contributed by atoms with van der Waals surface area (Å²) < 4.78 is 36.7. The molecule has 3 aromatic carbocycles. The van der Waals surface area contributed by atoms with Crippen LogP contribution >= 0.6 is 0 Å². The summed E-state index contributed by atoms with van der Waals surface area (Å²) in [5, 5.41) is 73.2. The molecule has 3 aliphatic carbocycles. The Balaban J connectivity index is 1.25. The summed E-state index contributed by atoms with van der Waals surface area (Å²) in [6.45, 7) is 5.79. The van der Waals surface area contributed by atoms with Gasteiger partial charge in [0.25, 0.3) is 11.0 Å². The van der Waals surface area contributed by atoms with Gasteiger partial charge in [-0.25, -0.2) is 9.59 Å². The first-order valence-corrected chi connectivity index (χ1v) is 23.0. The highest BCUT2D eigenvalue weighted by Crippen LogP contribution is 2.65. The number of hydrogen-bond acceptors (Lipinski definition) is 19. The van der Waals surface area contributed by atoms with Crippen molar-refractivity contribution >= 4 is 29.6 Å². The maximum absolute atomic E-state index is 15.8.